The van der Waals surface area contributed by atoms with Crippen molar-refractivity contribution in [3.05, 3.63) is 12.2 Å². The fraction of sp³-hybridized carbons (Fsp3) is 0.850. The summed E-state index contributed by atoms with van der Waals surface area (Å²) in [5, 5.41) is 0. The van der Waals surface area contributed by atoms with Gasteiger partial charge in [-0.15, -0.1) is 0 Å². The van der Waals surface area contributed by atoms with Gasteiger partial charge in [0.05, 0.1) is 11.1 Å². The van der Waals surface area contributed by atoms with Crippen LogP contribution in [0.25, 0.3) is 0 Å². The molecule has 0 N–H and O–H groups in total. The zero-order valence-electron chi connectivity index (χ0n) is 16.4. The number of hydrogen-bond acceptors (Lipinski definition) is 5. The molecule has 2 fully saturated rings. The second kappa shape index (κ2) is 11.3. The Morgan fingerprint density at radius 3 is 2.00 bits per heavy atom. The van der Waals surface area contributed by atoms with Crippen molar-refractivity contribution in [2.24, 2.45) is 23.7 Å². The van der Waals surface area contributed by atoms with Crippen molar-refractivity contribution in [3.8, 4) is 0 Å². The van der Waals surface area contributed by atoms with Crippen LogP contribution in [0.4, 0.5) is 0 Å². The van der Waals surface area contributed by atoms with Gasteiger partial charge in [0, 0.05) is 20.0 Å². The third-order valence-electron chi connectivity index (χ3n) is 6.58. The van der Waals surface area contributed by atoms with Crippen molar-refractivity contribution >= 4 is 37.5 Å². The Bertz CT molecular complexity index is 458. The predicted octanol–water partition coefficient (Wildman–Crippen LogP) is 6.60. The summed E-state index contributed by atoms with van der Waals surface area (Å²) in [4.78, 5) is 11.7. The van der Waals surface area contributed by atoms with Gasteiger partial charge in [-0.3, -0.25) is 3.97 Å². The summed E-state index contributed by atoms with van der Waals surface area (Å²) < 4.78 is 11.0. The smallest absolute Gasteiger partial charge is 0.333 e. The minimum absolute atomic E-state index is 0.0161. The van der Waals surface area contributed by atoms with E-state index < -0.39 is 0 Å². The third-order valence-corrected chi connectivity index (χ3v) is 8.78. The normalized spacial score (nSPS) is 32.3. The van der Waals surface area contributed by atoms with Gasteiger partial charge in [0.1, 0.15) is 6.10 Å². The van der Waals surface area contributed by atoms with Crippen LogP contribution in [0.3, 0.4) is 0 Å². The van der Waals surface area contributed by atoms with Gasteiger partial charge in [0.15, 0.2) is 0 Å². The summed E-state index contributed by atoms with van der Waals surface area (Å²) in [5.41, 5.74) is 1.16. The molecular weight excluding hydrogens is 383 g/mol. The molecule has 2 saturated carbocycles. The molecule has 2 rings (SSSR count). The van der Waals surface area contributed by atoms with Gasteiger partial charge in [-0.1, -0.05) is 25.2 Å². The molecule has 0 heterocycles. The maximum absolute atomic E-state index is 11.7. The second-order valence-electron chi connectivity index (χ2n) is 8.30. The van der Waals surface area contributed by atoms with Gasteiger partial charge in [-0.2, -0.15) is 0 Å². The van der Waals surface area contributed by atoms with Crippen molar-refractivity contribution in [1.82, 2.24) is 0 Å². The highest BCUT2D eigenvalue weighted by Crippen LogP contribution is 2.45. The number of esters is 1. The molecule has 26 heavy (non-hydrogen) atoms. The minimum atomic E-state index is -0.243. The van der Waals surface area contributed by atoms with Crippen molar-refractivity contribution in [2.75, 3.05) is 0 Å². The highest BCUT2D eigenvalue weighted by atomic mass is 33.1. The zero-order valence-corrected chi connectivity index (χ0v) is 19.1. The van der Waals surface area contributed by atoms with Crippen LogP contribution in [0.5, 0.6) is 0 Å². The molecule has 6 heteroatoms. The fourth-order valence-electron chi connectivity index (χ4n) is 4.76. The average molecular weight is 419 g/mol. The molecule has 0 aliphatic heterocycles. The lowest BCUT2D eigenvalue weighted by Crippen LogP contribution is -2.32. The van der Waals surface area contributed by atoms with Crippen LogP contribution >= 0.6 is 31.5 Å². The van der Waals surface area contributed by atoms with Gasteiger partial charge >= 0.3 is 5.97 Å². The molecule has 3 unspecified atom stereocenters. The van der Waals surface area contributed by atoms with Crippen LogP contribution in [0, 0.1) is 23.7 Å². The molecule has 3 atom stereocenters. The highest BCUT2D eigenvalue weighted by Gasteiger charge is 2.34. The molecule has 3 nitrogen and oxygen atoms in total. The van der Waals surface area contributed by atoms with E-state index >= 15 is 0 Å². The maximum atomic E-state index is 11.7. The molecule has 0 aromatic carbocycles. The van der Waals surface area contributed by atoms with E-state index in [1.165, 1.54) is 62.4 Å². The van der Waals surface area contributed by atoms with E-state index in [4.69, 9.17) is 8.71 Å². The first-order valence-corrected chi connectivity index (χ1v) is 12.8. The van der Waals surface area contributed by atoms with Gasteiger partial charge in [0.25, 0.3) is 0 Å². The second-order valence-corrected chi connectivity index (χ2v) is 10.7. The number of carbonyl (C=O) groups is 1. The molecule has 2 aliphatic carbocycles. The van der Waals surface area contributed by atoms with Crippen LogP contribution in [-0.4, -0.2) is 17.7 Å². The topological polar surface area (TPSA) is 35.5 Å². The number of rotatable bonds is 8. The molecular formula is C20H35O3PS2. The number of hydrogen-bond donors (Lipinski definition) is 1. The first kappa shape index (κ1) is 22.6. The summed E-state index contributed by atoms with van der Waals surface area (Å²) >= 11 is 5.26. The highest BCUT2D eigenvalue weighted by molar-refractivity contribution is 8.67. The van der Waals surface area contributed by atoms with E-state index in [-0.39, 0.29) is 12.1 Å². The first-order chi connectivity index (χ1) is 12.4. The number of thiol groups is 1. The van der Waals surface area contributed by atoms with Gasteiger partial charge < -0.3 is 4.74 Å². The minimum Gasteiger partial charge on any atom is -0.459 e. The fourth-order valence-corrected chi connectivity index (χ4v) is 6.45. The Morgan fingerprint density at radius 1 is 1.04 bits per heavy atom. The quantitative estimate of drug-likeness (QED) is 0.120. The SMILES string of the molecule is C=C(C)C(=O)OC(C)C1CCC(C2CCC(C(C)POSS)CC2)CC1. The summed E-state index contributed by atoms with van der Waals surface area (Å²) in [6, 6.07) is 0. The molecule has 0 bridgehead atoms. The van der Waals surface area contributed by atoms with E-state index in [0.717, 1.165) is 17.8 Å². The largest absolute Gasteiger partial charge is 0.459 e. The van der Waals surface area contributed by atoms with Gasteiger partial charge in [-0.05, 0) is 88.9 Å². The van der Waals surface area contributed by atoms with Crippen molar-refractivity contribution in [2.45, 2.75) is 83.9 Å². The third kappa shape index (κ3) is 6.72. The molecule has 0 amide bonds. The lowest BCUT2D eigenvalue weighted by Gasteiger charge is -2.40. The van der Waals surface area contributed by atoms with Crippen LogP contribution in [0.1, 0.15) is 72.1 Å². The molecule has 0 saturated heterocycles. The number of ether oxygens (including phenoxy) is 1. The van der Waals surface area contributed by atoms with Gasteiger partial charge in [-0.25, -0.2) is 4.79 Å². The molecule has 0 radical (unpaired) electrons. The van der Waals surface area contributed by atoms with Crippen molar-refractivity contribution < 1.29 is 13.5 Å². The zero-order chi connectivity index (χ0) is 19.1. The lowest BCUT2D eigenvalue weighted by molar-refractivity contribution is -0.146. The Morgan fingerprint density at radius 2 is 1.54 bits per heavy atom. The van der Waals surface area contributed by atoms with Gasteiger partial charge in [0.2, 0.25) is 0 Å². The first-order valence-electron chi connectivity index (χ1n) is 10.0. The maximum Gasteiger partial charge on any atom is 0.333 e. The molecule has 2 aliphatic rings. The number of carbonyl (C=O) groups excluding carboxylic acids is 1. The predicted molar refractivity (Wildman–Crippen MR) is 117 cm³/mol. The Kier molecular flexibility index (Phi) is 9.85. The summed E-state index contributed by atoms with van der Waals surface area (Å²) in [7, 11) is 0.564. The Balaban J connectivity index is 1.70. The van der Waals surface area contributed by atoms with E-state index in [1.54, 1.807) is 6.92 Å². The monoisotopic (exact) mass is 418 g/mol. The van der Waals surface area contributed by atoms with Crippen LogP contribution in [0.2, 0.25) is 0 Å². The van der Waals surface area contributed by atoms with E-state index in [9.17, 15) is 4.79 Å². The lowest BCUT2D eigenvalue weighted by atomic mass is 9.68. The standard InChI is InChI=1S/C20H35O3PS2/c1-13(2)20(21)22-14(3)16-5-9-18(10-6-16)19-11-7-17(8-12-19)15(4)24-23-26-25/h14-19,24-25H,1,5-12H2,2-4H3. The average Bonchev–Trinajstić information content (AvgIpc) is 2.66. The molecule has 150 valence electrons. The summed E-state index contributed by atoms with van der Waals surface area (Å²) in [6.45, 7) is 9.76. The van der Waals surface area contributed by atoms with E-state index in [0.29, 0.717) is 26.0 Å². The van der Waals surface area contributed by atoms with E-state index in [1.807, 2.05) is 6.92 Å². The van der Waals surface area contributed by atoms with E-state index in [2.05, 4.69) is 25.2 Å². The Hall–Kier alpha value is 0.300. The molecule has 0 spiro atoms. The molecule has 0 aromatic heterocycles. The van der Waals surface area contributed by atoms with Crippen molar-refractivity contribution in [1.29, 1.82) is 0 Å². The van der Waals surface area contributed by atoms with Crippen LogP contribution < -0.4 is 0 Å². The Labute approximate surface area is 170 Å². The van der Waals surface area contributed by atoms with Crippen LogP contribution in [0.15, 0.2) is 12.2 Å². The summed E-state index contributed by atoms with van der Waals surface area (Å²) in [6.07, 6.45) is 10.5. The van der Waals surface area contributed by atoms with Crippen molar-refractivity contribution in [3.63, 3.8) is 0 Å². The summed E-state index contributed by atoms with van der Waals surface area (Å²) in [5.74, 6) is 2.87. The van der Waals surface area contributed by atoms with Crippen LogP contribution in [-0.2, 0) is 13.5 Å². The molecule has 0 aromatic rings.